The average molecular weight is 522 g/mol. The lowest BCUT2D eigenvalue weighted by Gasteiger charge is -2.38. The molecule has 0 spiro atoms. The highest BCUT2D eigenvalue weighted by molar-refractivity contribution is 14.0. The van der Waals surface area contributed by atoms with Crippen molar-refractivity contribution >= 4 is 47.2 Å². The molecule has 0 aromatic carbocycles. The van der Waals surface area contributed by atoms with Crippen LogP contribution in [-0.2, 0) is 9.53 Å². The zero-order valence-electron chi connectivity index (χ0n) is 17.3. The first-order valence-electron chi connectivity index (χ1n) is 9.98. The Morgan fingerprint density at radius 1 is 1.39 bits per heavy atom. The number of rotatable bonds is 9. The van der Waals surface area contributed by atoms with Crippen LogP contribution in [0.5, 0.6) is 0 Å². The van der Waals surface area contributed by atoms with Gasteiger partial charge in [0.2, 0.25) is 0 Å². The maximum absolute atomic E-state index is 11.2. The lowest BCUT2D eigenvalue weighted by Crippen LogP contribution is -2.40. The topological polar surface area (TPSA) is 66.0 Å². The predicted octanol–water partition coefficient (Wildman–Crippen LogP) is 3.65. The molecular formula is C20H35IN4O2S. The van der Waals surface area contributed by atoms with Crippen molar-refractivity contribution in [2.24, 2.45) is 10.9 Å². The summed E-state index contributed by atoms with van der Waals surface area (Å²) in [5.41, 5.74) is 0. The number of carbonyl (C=O) groups excluding carboxylic acids is 1. The number of methoxy groups -OCH3 is 1. The summed E-state index contributed by atoms with van der Waals surface area (Å²) in [5, 5.41) is 8.88. The molecule has 1 aliphatic heterocycles. The van der Waals surface area contributed by atoms with Crippen LogP contribution in [-0.4, -0.2) is 57.2 Å². The number of piperidine rings is 1. The van der Waals surface area contributed by atoms with Gasteiger partial charge < -0.3 is 15.4 Å². The fraction of sp³-hybridized carbons (Fsp3) is 0.700. The Labute approximate surface area is 190 Å². The number of hydrogen-bond acceptors (Lipinski definition) is 5. The second kappa shape index (κ2) is 14.2. The van der Waals surface area contributed by atoms with Gasteiger partial charge >= 0.3 is 5.97 Å². The van der Waals surface area contributed by atoms with E-state index in [-0.39, 0.29) is 29.9 Å². The van der Waals surface area contributed by atoms with Gasteiger partial charge in [-0.1, -0.05) is 6.07 Å². The number of nitrogens with one attached hydrogen (secondary N) is 2. The van der Waals surface area contributed by atoms with Gasteiger partial charge in [0.1, 0.15) is 0 Å². The first-order valence-corrected chi connectivity index (χ1v) is 10.9. The molecule has 6 nitrogen and oxygen atoms in total. The number of carbonyl (C=O) groups is 1. The molecule has 1 fully saturated rings. The van der Waals surface area contributed by atoms with Crippen molar-refractivity contribution in [3.8, 4) is 0 Å². The predicted molar refractivity (Wildman–Crippen MR) is 128 cm³/mol. The van der Waals surface area contributed by atoms with Crippen molar-refractivity contribution in [1.29, 1.82) is 0 Å². The van der Waals surface area contributed by atoms with Crippen molar-refractivity contribution < 1.29 is 9.53 Å². The Bertz CT molecular complexity index is 583. The lowest BCUT2D eigenvalue weighted by molar-refractivity contribution is -0.140. The molecule has 28 heavy (non-hydrogen) atoms. The molecule has 2 atom stereocenters. The van der Waals surface area contributed by atoms with E-state index in [0.29, 0.717) is 18.4 Å². The minimum atomic E-state index is -0.142. The van der Waals surface area contributed by atoms with Crippen LogP contribution in [0.1, 0.15) is 49.9 Å². The number of nitrogens with zero attached hydrogens (tertiary/aromatic N) is 2. The number of likely N-dealkylation sites (tertiary alicyclic amines) is 1. The molecule has 1 aliphatic rings. The van der Waals surface area contributed by atoms with E-state index >= 15 is 0 Å². The SMILES string of the molecule is CCNC(=NCC1CCCN(C)C1c1cccs1)NCCCCC(=O)OC.I. The molecule has 2 N–H and O–H groups in total. The van der Waals surface area contributed by atoms with Gasteiger partial charge in [-0.2, -0.15) is 0 Å². The summed E-state index contributed by atoms with van der Waals surface area (Å²) in [7, 11) is 3.66. The van der Waals surface area contributed by atoms with Crippen molar-refractivity contribution in [1.82, 2.24) is 15.5 Å². The number of halogens is 1. The smallest absolute Gasteiger partial charge is 0.305 e. The van der Waals surface area contributed by atoms with Crippen LogP contribution in [0.3, 0.4) is 0 Å². The van der Waals surface area contributed by atoms with Gasteiger partial charge in [-0.25, -0.2) is 0 Å². The Kier molecular flexibility index (Phi) is 12.7. The van der Waals surface area contributed by atoms with Gasteiger partial charge in [-0.05, 0) is 63.6 Å². The van der Waals surface area contributed by atoms with Gasteiger partial charge in [0.15, 0.2) is 5.96 Å². The molecule has 1 aromatic rings. The maximum atomic E-state index is 11.2. The minimum absolute atomic E-state index is 0. The molecule has 2 unspecified atom stereocenters. The molecule has 0 aliphatic carbocycles. The molecule has 8 heteroatoms. The molecule has 0 amide bonds. The van der Waals surface area contributed by atoms with E-state index in [1.54, 1.807) is 0 Å². The average Bonchev–Trinajstić information content (AvgIpc) is 3.19. The number of ether oxygens (including phenoxy) is 1. The quantitative estimate of drug-likeness (QED) is 0.171. The molecule has 160 valence electrons. The summed E-state index contributed by atoms with van der Waals surface area (Å²) < 4.78 is 4.67. The fourth-order valence-electron chi connectivity index (χ4n) is 3.61. The maximum Gasteiger partial charge on any atom is 0.305 e. The van der Waals surface area contributed by atoms with Crippen LogP contribution in [0.2, 0.25) is 0 Å². The fourth-order valence-corrected chi connectivity index (χ4v) is 4.60. The van der Waals surface area contributed by atoms with Crippen LogP contribution < -0.4 is 10.6 Å². The number of hydrogen-bond donors (Lipinski definition) is 2. The molecule has 1 saturated heterocycles. The summed E-state index contributed by atoms with van der Waals surface area (Å²) >= 11 is 1.85. The third-order valence-electron chi connectivity index (χ3n) is 5.00. The summed E-state index contributed by atoms with van der Waals surface area (Å²) in [6, 6.07) is 4.85. The number of guanidine groups is 1. The van der Waals surface area contributed by atoms with Crippen molar-refractivity contribution in [2.45, 2.75) is 45.1 Å². The van der Waals surface area contributed by atoms with E-state index in [1.807, 2.05) is 11.3 Å². The van der Waals surface area contributed by atoms with Crippen molar-refractivity contribution in [3.63, 3.8) is 0 Å². The molecule has 1 aromatic heterocycles. The van der Waals surface area contributed by atoms with Crippen LogP contribution in [0.15, 0.2) is 22.5 Å². The number of thiophene rings is 1. The summed E-state index contributed by atoms with van der Waals surface area (Å²) in [6.07, 6.45) is 4.67. The minimum Gasteiger partial charge on any atom is -0.469 e. The zero-order valence-corrected chi connectivity index (χ0v) is 20.4. The Morgan fingerprint density at radius 3 is 2.89 bits per heavy atom. The van der Waals surface area contributed by atoms with Crippen LogP contribution in [0.25, 0.3) is 0 Å². The Morgan fingerprint density at radius 2 is 2.21 bits per heavy atom. The molecule has 0 radical (unpaired) electrons. The highest BCUT2D eigenvalue weighted by atomic mass is 127. The largest absolute Gasteiger partial charge is 0.469 e. The molecule has 0 bridgehead atoms. The first kappa shape index (κ1) is 25.2. The third-order valence-corrected chi connectivity index (χ3v) is 5.94. The van der Waals surface area contributed by atoms with Crippen LogP contribution >= 0.6 is 35.3 Å². The normalized spacial score (nSPS) is 20.3. The lowest BCUT2D eigenvalue weighted by atomic mass is 9.88. The highest BCUT2D eigenvalue weighted by Crippen LogP contribution is 2.37. The van der Waals surface area contributed by atoms with E-state index in [0.717, 1.165) is 45.0 Å². The summed E-state index contributed by atoms with van der Waals surface area (Å²) in [5.74, 6) is 1.27. The second-order valence-corrected chi connectivity index (χ2v) is 8.00. The highest BCUT2D eigenvalue weighted by Gasteiger charge is 2.31. The summed E-state index contributed by atoms with van der Waals surface area (Å²) in [6.45, 7) is 5.71. The monoisotopic (exact) mass is 522 g/mol. The Balaban J connectivity index is 0.00000392. The van der Waals surface area contributed by atoms with Gasteiger partial charge in [0.25, 0.3) is 0 Å². The molecule has 2 rings (SSSR count). The van der Waals surface area contributed by atoms with Gasteiger partial charge in [0.05, 0.1) is 7.11 Å². The van der Waals surface area contributed by atoms with E-state index in [2.05, 4.69) is 51.8 Å². The van der Waals surface area contributed by atoms with Crippen molar-refractivity contribution in [3.05, 3.63) is 22.4 Å². The molecule has 0 saturated carbocycles. The standard InChI is InChI=1S/C20H34N4O2S.HI/c1-4-21-20(22-12-6-5-11-18(25)26-3)23-15-16-9-7-13-24(2)19(16)17-10-8-14-27-17;/h8,10,14,16,19H,4-7,9,11-13,15H2,1-3H3,(H2,21,22,23);1H. The van der Waals surface area contributed by atoms with Gasteiger partial charge in [0, 0.05) is 37.0 Å². The first-order chi connectivity index (χ1) is 13.2. The molecular weight excluding hydrogens is 487 g/mol. The number of unbranched alkanes of at least 4 members (excludes halogenated alkanes) is 1. The Hall–Kier alpha value is -0.870. The van der Waals surface area contributed by atoms with E-state index < -0.39 is 0 Å². The summed E-state index contributed by atoms with van der Waals surface area (Å²) in [4.78, 5) is 19.9. The van der Waals surface area contributed by atoms with E-state index in [1.165, 1.54) is 24.8 Å². The number of aliphatic imine (C=N–C) groups is 1. The number of esters is 1. The van der Waals surface area contributed by atoms with Crippen LogP contribution in [0, 0.1) is 5.92 Å². The second-order valence-electron chi connectivity index (χ2n) is 7.02. The molecule has 2 heterocycles. The zero-order chi connectivity index (χ0) is 19.5. The third kappa shape index (κ3) is 8.24. The van der Waals surface area contributed by atoms with Crippen LogP contribution in [0.4, 0.5) is 0 Å². The van der Waals surface area contributed by atoms with Gasteiger partial charge in [-0.15, -0.1) is 35.3 Å². The van der Waals surface area contributed by atoms with E-state index in [9.17, 15) is 4.79 Å². The van der Waals surface area contributed by atoms with Crippen molar-refractivity contribution in [2.75, 3.05) is 40.3 Å². The van der Waals surface area contributed by atoms with Gasteiger partial charge in [-0.3, -0.25) is 14.7 Å². The van der Waals surface area contributed by atoms with E-state index in [4.69, 9.17) is 4.99 Å².